The quantitative estimate of drug-likeness (QED) is 0.526. The third-order valence-corrected chi connectivity index (χ3v) is 3.88. The Kier molecular flexibility index (Phi) is 4.59. The molecule has 0 spiro atoms. The van der Waals surface area contributed by atoms with Gasteiger partial charge in [0.15, 0.2) is 11.5 Å². The van der Waals surface area contributed by atoms with Crippen molar-refractivity contribution < 1.29 is 17.9 Å². The molecule has 4 aromatic rings. The predicted molar refractivity (Wildman–Crippen MR) is 96.9 cm³/mol. The van der Waals surface area contributed by atoms with E-state index in [0.29, 0.717) is 11.5 Å². The molecule has 0 aliphatic carbocycles. The molecular weight excluding hydrogens is 387 g/mol. The molecule has 0 saturated heterocycles. The Morgan fingerprint density at radius 2 is 1.83 bits per heavy atom. The third-order valence-electron chi connectivity index (χ3n) is 3.88. The van der Waals surface area contributed by atoms with Crippen LogP contribution in [0.4, 0.5) is 13.2 Å². The summed E-state index contributed by atoms with van der Waals surface area (Å²) in [7, 11) is 0. The monoisotopic (exact) mass is 399 g/mol. The summed E-state index contributed by atoms with van der Waals surface area (Å²) in [4.78, 5) is 16.6. The number of pyridine rings is 1. The van der Waals surface area contributed by atoms with E-state index in [1.165, 1.54) is 46.0 Å². The van der Waals surface area contributed by atoms with Crippen LogP contribution >= 0.6 is 0 Å². The highest BCUT2D eigenvalue weighted by molar-refractivity contribution is 5.56. The maximum absolute atomic E-state index is 12.5. The van der Waals surface area contributed by atoms with E-state index in [-0.39, 0.29) is 16.8 Å². The zero-order valence-corrected chi connectivity index (χ0v) is 14.6. The smallest absolute Gasteiger partial charge is 0.406 e. The van der Waals surface area contributed by atoms with Crippen molar-refractivity contribution in [1.82, 2.24) is 24.5 Å². The molecule has 0 fully saturated rings. The molecule has 146 valence electrons. The van der Waals surface area contributed by atoms with E-state index in [1.54, 1.807) is 36.5 Å². The van der Waals surface area contributed by atoms with E-state index in [4.69, 9.17) is 0 Å². The van der Waals surface area contributed by atoms with E-state index in [0.717, 1.165) is 0 Å². The van der Waals surface area contributed by atoms with Gasteiger partial charge in [0.2, 0.25) is 5.43 Å². The normalized spacial score (nSPS) is 11.4. The van der Waals surface area contributed by atoms with Crippen LogP contribution in [-0.4, -0.2) is 30.9 Å². The van der Waals surface area contributed by atoms with E-state index in [1.807, 2.05) is 0 Å². The summed E-state index contributed by atoms with van der Waals surface area (Å²) < 4.78 is 44.1. The second-order valence-electron chi connectivity index (χ2n) is 5.83. The van der Waals surface area contributed by atoms with Gasteiger partial charge in [-0.15, -0.1) is 13.2 Å². The fraction of sp³-hybridized carbons (Fsp3) is 0.0526. The molecule has 0 aliphatic rings. The van der Waals surface area contributed by atoms with Gasteiger partial charge >= 0.3 is 6.36 Å². The van der Waals surface area contributed by atoms with Gasteiger partial charge in [-0.1, -0.05) is 12.1 Å². The van der Waals surface area contributed by atoms with Crippen LogP contribution in [0.5, 0.6) is 5.75 Å². The summed E-state index contributed by atoms with van der Waals surface area (Å²) in [5, 5.41) is 8.47. The number of alkyl halides is 3. The van der Waals surface area contributed by atoms with Crippen LogP contribution in [0.2, 0.25) is 0 Å². The zero-order chi connectivity index (χ0) is 20.4. The van der Waals surface area contributed by atoms with Crippen molar-refractivity contribution in [3.05, 3.63) is 83.4 Å². The Labute approximate surface area is 161 Å². The number of rotatable bonds is 4. The number of benzene rings is 1. The molecule has 0 aliphatic heterocycles. The van der Waals surface area contributed by atoms with E-state index in [2.05, 4.69) is 19.9 Å². The lowest BCUT2D eigenvalue weighted by Gasteiger charge is -2.12. The molecule has 1 aromatic carbocycles. The maximum atomic E-state index is 12.5. The van der Waals surface area contributed by atoms with Gasteiger partial charge < -0.3 is 4.74 Å². The number of hydrogen-bond donors (Lipinski definition) is 0. The second kappa shape index (κ2) is 7.23. The third kappa shape index (κ3) is 4.00. The highest BCUT2D eigenvalue weighted by Crippen LogP contribution is 2.24. The van der Waals surface area contributed by atoms with Crippen LogP contribution in [0, 0.1) is 0 Å². The summed E-state index contributed by atoms with van der Waals surface area (Å²) in [5.74, 6) is 0.0975. The van der Waals surface area contributed by atoms with Gasteiger partial charge in [-0.25, -0.2) is 14.3 Å². The van der Waals surface area contributed by atoms with Gasteiger partial charge in [-0.3, -0.25) is 4.79 Å². The van der Waals surface area contributed by atoms with Crippen LogP contribution in [0.3, 0.4) is 0 Å². The van der Waals surface area contributed by atoms with E-state index >= 15 is 0 Å². The average Bonchev–Trinajstić information content (AvgIpc) is 3.17. The molecule has 3 aromatic heterocycles. The second-order valence-corrected chi connectivity index (χ2v) is 5.83. The van der Waals surface area contributed by atoms with Crippen molar-refractivity contribution in [1.29, 1.82) is 0 Å². The van der Waals surface area contributed by atoms with Gasteiger partial charge in [0.25, 0.3) is 0 Å². The molecule has 0 atom stereocenters. The fourth-order valence-electron chi connectivity index (χ4n) is 2.70. The molecule has 0 bridgehead atoms. The number of ether oxygens (including phenoxy) is 1. The Hall–Kier alpha value is -3.95. The highest BCUT2D eigenvalue weighted by atomic mass is 19.4. The van der Waals surface area contributed by atoms with Crippen molar-refractivity contribution in [3.63, 3.8) is 0 Å². The molecule has 29 heavy (non-hydrogen) atoms. The van der Waals surface area contributed by atoms with Crippen LogP contribution in [0.25, 0.3) is 22.9 Å². The Bertz CT molecular complexity index is 1200. The first-order chi connectivity index (χ1) is 13.9. The Balaban J connectivity index is 1.77. The number of nitrogens with zero attached hydrogens (tertiary/aromatic N) is 5. The van der Waals surface area contributed by atoms with E-state index in [9.17, 15) is 18.0 Å². The maximum Gasteiger partial charge on any atom is 0.573 e. The highest BCUT2D eigenvalue weighted by Gasteiger charge is 2.31. The van der Waals surface area contributed by atoms with Crippen molar-refractivity contribution in [2.45, 2.75) is 6.36 Å². The molecule has 0 radical (unpaired) electrons. The molecule has 4 rings (SSSR count). The van der Waals surface area contributed by atoms with Gasteiger partial charge in [0.05, 0.1) is 11.9 Å². The summed E-state index contributed by atoms with van der Waals surface area (Å²) >= 11 is 0. The van der Waals surface area contributed by atoms with Gasteiger partial charge in [-0.05, 0) is 30.3 Å². The first-order valence-electron chi connectivity index (χ1n) is 8.33. The lowest BCUT2D eigenvalue weighted by molar-refractivity contribution is -0.274. The van der Waals surface area contributed by atoms with E-state index < -0.39 is 12.1 Å². The molecule has 0 amide bonds. The number of halogens is 3. The molecule has 0 saturated carbocycles. The molecule has 10 heteroatoms. The SMILES string of the molecule is O=c1ccn(-c2cccc(OC(F)(F)F)c2)nc1-c1ccnn1-c1ccccn1. The number of hydrogen-bond acceptors (Lipinski definition) is 5. The molecule has 0 unspecified atom stereocenters. The standard InChI is InChI=1S/C19H12F3N5O2/c20-19(21,22)29-14-5-3-4-13(12-14)26-11-8-16(28)18(25-26)15-7-10-24-27(15)17-6-1-2-9-23-17/h1-12H. The summed E-state index contributed by atoms with van der Waals surface area (Å²) in [6.07, 6.45) is -0.361. The summed E-state index contributed by atoms with van der Waals surface area (Å²) in [6, 6.07) is 13.4. The topological polar surface area (TPSA) is 74.8 Å². The lowest BCUT2D eigenvalue weighted by atomic mass is 10.2. The Morgan fingerprint density at radius 3 is 2.59 bits per heavy atom. The Morgan fingerprint density at radius 1 is 0.966 bits per heavy atom. The summed E-state index contributed by atoms with van der Waals surface area (Å²) in [6.45, 7) is 0. The van der Waals surface area contributed by atoms with Crippen molar-refractivity contribution in [3.8, 4) is 28.6 Å². The largest absolute Gasteiger partial charge is 0.573 e. The van der Waals surface area contributed by atoms with Gasteiger partial charge in [-0.2, -0.15) is 10.2 Å². The van der Waals surface area contributed by atoms with Gasteiger partial charge in [0.1, 0.15) is 11.4 Å². The van der Waals surface area contributed by atoms with Gasteiger partial charge in [0, 0.05) is 24.5 Å². The minimum Gasteiger partial charge on any atom is -0.406 e. The minimum absolute atomic E-state index is 0.0674. The average molecular weight is 399 g/mol. The van der Waals surface area contributed by atoms with Crippen LogP contribution in [0.1, 0.15) is 0 Å². The minimum atomic E-state index is -4.81. The molecular formula is C19H12F3N5O2. The lowest BCUT2D eigenvalue weighted by Crippen LogP contribution is -2.17. The number of aromatic nitrogens is 5. The van der Waals surface area contributed by atoms with Crippen molar-refractivity contribution in [2.24, 2.45) is 0 Å². The van der Waals surface area contributed by atoms with Crippen molar-refractivity contribution >= 4 is 0 Å². The molecule has 0 N–H and O–H groups in total. The van der Waals surface area contributed by atoms with Crippen LogP contribution in [0.15, 0.2) is 78.0 Å². The first kappa shape index (κ1) is 18.4. The van der Waals surface area contributed by atoms with Crippen LogP contribution < -0.4 is 10.2 Å². The first-order valence-corrected chi connectivity index (χ1v) is 8.33. The summed E-state index contributed by atoms with van der Waals surface area (Å²) in [5.41, 5.74) is 0.377. The fourth-order valence-corrected chi connectivity index (χ4v) is 2.70. The molecule has 7 nitrogen and oxygen atoms in total. The van der Waals surface area contributed by atoms with Crippen molar-refractivity contribution in [2.75, 3.05) is 0 Å². The zero-order valence-electron chi connectivity index (χ0n) is 14.6. The molecule has 3 heterocycles. The van der Waals surface area contributed by atoms with Crippen LogP contribution in [-0.2, 0) is 0 Å². The predicted octanol–water partition coefficient (Wildman–Crippen LogP) is 3.38.